The molecule has 0 bridgehead atoms. The van der Waals surface area contributed by atoms with Crippen molar-refractivity contribution < 1.29 is 24.4 Å². The lowest BCUT2D eigenvalue weighted by molar-refractivity contribution is -0.384. The van der Waals surface area contributed by atoms with Gasteiger partial charge in [-0.1, -0.05) is 42.0 Å². The standard InChI is InChI=1S/C30H31N3O6/c1-20-7-4-8-21(17-20)19-39-25-13-11-22(12-14-25)28(34)26-27(23-9-5-10-24(18-23)33(37)38)32(30(36)29(26)35)16-6-15-31(2)3/h4-5,7-14,17-18,27,34H,6,15-16,19H2,1-3H3/t27-/m0/s1. The van der Waals surface area contributed by atoms with Crippen molar-refractivity contribution in [1.82, 2.24) is 9.80 Å². The average molecular weight is 530 g/mol. The maximum absolute atomic E-state index is 13.2. The number of carbonyl (C=O) groups excluding carboxylic acids is 2. The quantitative estimate of drug-likeness (QED) is 0.131. The molecule has 202 valence electrons. The number of nitro benzene ring substituents is 1. The zero-order chi connectivity index (χ0) is 28.1. The summed E-state index contributed by atoms with van der Waals surface area (Å²) in [5.41, 5.74) is 2.61. The monoisotopic (exact) mass is 529 g/mol. The van der Waals surface area contributed by atoms with Gasteiger partial charge < -0.3 is 19.6 Å². The van der Waals surface area contributed by atoms with Gasteiger partial charge >= 0.3 is 0 Å². The first-order valence-corrected chi connectivity index (χ1v) is 12.6. The van der Waals surface area contributed by atoms with Crippen molar-refractivity contribution in [2.45, 2.75) is 26.0 Å². The van der Waals surface area contributed by atoms with Gasteiger partial charge in [-0.3, -0.25) is 19.7 Å². The number of nitro groups is 1. The molecule has 0 spiro atoms. The van der Waals surface area contributed by atoms with Gasteiger partial charge in [0, 0.05) is 24.2 Å². The Bertz CT molecular complexity index is 1410. The zero-order valence-electron chi connectivity index (χ0n) is 22.2. The molecule has 1 N–H and O–H groups in total. The van der Waals surface area contributed by atoms with E-state index in [1.807, 2.05) is 50.2 Å². The van der Waals surface area contributed by atoms with Crippen molar-refractivity contribution >= 4 is 23.1 Å². The van der Waals surface area contributed by atoms with Crippen molar-refractivity contribution in [2.75, 3.05) is 27.2 Å². The van der Waals surface area contributed by atoms with E-state index >= 15 is 0 Å². The van der Waals surface area contributed by atoms with Gasteiger partial charge in [0.1, 0.15) is 18.1 Å². The Labute approximate surface area is 227 Å². The summed E-state index contributed by atoms with van der Waals surface area (Å²) >= 11 is 0. The molecule has 3 aromatic carbocycles. The minimum absolute atomic E-state index is 0.0984. The van der Waals surface area contributed by atoms with Crippen LogP contribution in [0.5, 0.6) is 5.75 Å². The lowest BCUT2D eigenvalue weighted by Gasteiger charge is -2.25. The van der Waals surface area contributed by atoms with Crippen LogP contribution >= 0.6 is 0 Å². The number of benzene rings is 3. The normalized spacial score (nSPS) is 16.6. The molecule has 9 heteroatoms. The van der Waals surface area contributed by atoms with Crippen LogP contribution in [0.2, 0.25) is 0 Å². The van der Waals surface area contributed by atoms with Gasteiger partial charge in [-0.15, -0.1) is 0 Å². The Balaban J connectivity index is 1.66. The summed E-state index contributed by atoms with van der Waals surface area (Å²) in [5, 5.41) is 22.7. The third-order valence-corrected chi connectivity index (χ3v) is 6.56. The number of aliphatic hydroxyl groups excluding tert-OH is 1. The van der Waals surface area contributed by atoms with Gasteiger partial charge in [0.25, 0.3) is 17.4 Å². The van der Waals surface area contributed by atoms with Crippen LogP contribution in [-0.2, 0) is 16.2 Å². The number of hydrogen-bond donors (Lipinski definition) is 1. The second-order valence-corrected chi connectivity index (χ2v) is 9.80. The molecule has 1 aliphatic heterocycles. The number of nitrogens with zero attached hydrogens (tertiary/aromatic N) is 3. The second-order valence-electron chi connectivity index (χ2n) is 9.80. The van der Waals surface area contributed by atoms with Gasteiger partial charge in [0.15, 0.2) is 0 Å². The molecule has 1 aliphatic rings. The van der Waals surface area contributed by atoms with Crippen molar-refractivity contribution in [3.8, 4) is 5.75 Å². The molecule has 1 atom stereocenters. The minimum Gasteiger partial charge on any atom is -0.507 e. The number of aryl methyl sites for hydroxylation is 1. The lowest BCUT2D eigenvalue weighted by Crippen LogP contribution is -2.32. The van der Waals surface area contributed by atoms with Crippen molar-refractivity contribution in [3.63, 3.8) is 0 Å². The third-order valence-electron chi connectivity index (χ3n) is 6.56. The minimum atomic E-state index is -0.954. The van der Waals surface area contributed by atoms with Crippen LogP contribution in [0.15, 0.2) is 78.4 Å². The number of amides is 1. The number of ether oxygens (including phenoxy) is 1. The van der Waals surface area contributed by atoms with E-state index in [1.165, 1.54) is 23.1 Å². The van der Waals surface area contributed by atoms with E-state index in [0.29, 0.717) is 36.4 Å². The molecular weight excluding hydrogens is 498 g/mol. The SMILES string of the molecule is Cc1cccc(COc2ccc(C(O)=C3C(=O)C(=O)N(CCCN(C)C)[C@H]3c3cccc([N+](=O)[O-])c3)cc2)c1. The number of carbonyl (C=O) groups is 2. The lowest BCUT2D eigenvalue weighted by atomic mass is 9.95. The van der Waals surface area contributed by atoms with Gasteiger partial charge in [-0.2, -0.15) is 0 Å². The number of aliphatic hydroxyl groups is 1. The van der Waals surface area contributed by atoms with Crippen LogP contribution in [0.1, 0.15) is 34.7 Å². The van der Waals surface area contributed by atoms with E-state index in [9.17, 15) is 24.8 Å². The molecule has 39 heavy (non-hydrogen) atoms. The van der Waals surface area contributed by atoms with E-state index in [4.69, 9.17) is 4.74 Å². The maximum atomic E-state index is 13.2. The predicted molar refractivity (Wildman–Crippen MR) is 147 cm³/mol. The average Bonchev–Trinajstić information content (AvgIpc) is 3.17. The van der Waals surface area contributed by atoms with E-state index in [0.717, 1.165) is 11.1 Å². The summed E-state index contributed by atoms with van der Waals surface area (Å²) in [5.74, 6) is -1.34. The molecule has 0 saturated carbocycles. The summed E-state index contributed by atoms with van der Waals surface area (Å²) in [7, 11) is 3.81. The highest BCUT2D eigenvalue weighted by Gasteiger charge is 2.46. The Morgan fingerprint density at radius 1 is 1.05 bits per heavy atom. The molecule has 0 aliphatic carbocycles. The molecule has 1 amide bonds. The number of likely N-dealkylation sites (tertiary alicyclic amines) is 1. The highest BCUT2D eigenvalue weighted by Crippen LogP contribution is 2.40. The van der Waals surface area contributed by atoms with Gasteiger partial charge in [-0.05, 0) is 69.4 Å². The Kier molecular flexibility index (Phi) is 8.41. The fourth-order valence-electron chi connectivity index (χ4n) is 4.66. The van der Waals surface area contributed by atoms with Crippen molar-refractivity contribution in [3.05, 3.63) is 111 Å². The fourth-order valence-corrected chi connectivity index (χ4v) is 4.66. The summed E-state index contributed by atoms with van der Waals surface area (Å²) in [6.45, 7) is 3.30. The third kappa shape index (κ3) is 6.32. The first kappa shape index (κ1) is 27.5. The predicted octanol–water partition coefficient (Wildman–Crippen LogP) is 4.86. The summed E-state index contributed by atoms with van der Waals surface area (Å²) < 4.78 is 5.86. The van der Waals surface area contributed by atoms with E-state index < -0.39 is 22.7 Å². The van der Waals surface area contributed by atoms with Crippen molar-refractivity contribution in [1.29, 1.82) is 0 Å². The molecule has 0 unspecified atom stereocenters. The van der Waals surface area contributed by atoms with Gasteiger partial charge in [-0.25, -0.2) is 0 Å². The van der Waals surface area contributed by atoms with Crippen LogP contribution in [0.3, 0.4) is 0 Å². The van der Waals surface area contributed by atoms with Crippen LogP contribution in [0.25, 0.3) is 5.76 Å². The number of rotatable bonds is 10. The van der Waals surface area contributed by atoms with Gasteiger partial charge in [0.05, 0.1) is 16.5 Å². The topological polar surface area (TPSA) is 113 Å². The summed E-state index contributed by atoms with van der Waals surface area (Å²) in [4.78, 5) is 40.5. The molecular formula is C30H31N3O6. The van der Waals surface area contributed by atoms with E-state index in [-0.39, 0.29) is 23.6 Å². The van der Waals surface area contributed by atoms with E-state index in [1.54, 1.807) is 30.3 Å². The van der Waals surface area contributed by atoms with Crippen LogP contribution < -0.4 is 4.74 Å². The largest absolute Gasteiger partial charge is 0.507 e. The highest BCUT2D eigenvalue weighted by molar-refractivity contribution is 6.46. The molecule has 4 rings (SSSR count). The second kappa shape index (κ2) is 11.9. The summed E-state index contributed by atoms with van der Waals surface area (Å²) in [6, 6.07) is 19.4. The zero-order valence-corrected chi connectivity index (χ0v) is 22.2. The first-order valence-electron chi connectivity index (χ1n) is 12.6. The maximum Gasteiger partial charge on any atom is 0.295 e. The molecule has 0 aromatic heterocycles. The van der Waals surface area contributed by atoms with Crippen molar-refractivity contribution in [2.24, 2.45) is 0 Å². The molecule has 3 aromatic rings. The van der Waals surface area contributed by atoms with Crippen LogP contribution in [-0.4, -0.2) is 58.7 Å². The number of Topliss-reactive ketones (excluding diaryl/α,β-unsaturated/α-hetero) is 1. The fraction of sp³-hybridized carbons (Fsp3) is 0.267. The highest BCUT2D eigenvalue weighted by atomic mass is 16.6. The molecule has 0 radical (unpaired) electrons. The first-order chi connectivity index (χ1) is 18.7. The smallest absolute Gasteiger partial charge is 0.295 e. The molecule has 1 saturated heterocycles. The van der Waals surface area contributed by atoms with Crippen LogP contribution in [0.4, 0.5) is 5.69 Å². The molecule has 1 heterocycles. The Morgan fingerprint density at radius 2 is 1.77 bits per heavy atom. The summed E-state index contributed by atoms with van der Waals surface area (Å²) in [6.07, 6.45) is 0.582. The number of ketones is 1. The number of hydrogen-bond acceptors (Lipinski definition) is 7. The van der Waals surface area contributed by atoms with E-state index in [2.05, 4.69) is 0 Å². The molecule has 9 nitrogen and oxygen atoms in total. The molecule has 1 fully saturated rings. The Morgan fingerprint density at radius 3 is 2.44 bits per heavy atom. The number of non-ortho nitro benzene ring substituents is 1. The van der Waals surface area contributed by atoms with Gasteiger partial charge in [0.2, 0.25) is 0 Å². The Hall–Kier alpha value is -4.50. The van der Waals surface area contributed by atoms with Crippen LogP contribution in [0, 0.1) is 17.0 Å².